The minimum atomic E-state index is -0.128. The van der Waals surface area contributed by atoms with Crippen LogP contribution in [-0.4, -0.2) is 30.6 Å². The summed E-state index contributed by atoms with van der Waals surface area (Å²) in [5.41, 5.74) is 7.18. The van der Waals surface area contributed by atoms with Crippen molar-refractivity contribution >= 4 is 40.2 Å². The van der Waals surface area contributed by atoms with Gasteiger partial charge in [0.05, 0.1) is 0 Å². The number of nitrogens with zero attached hydrogens (tertiary/aromatic N) is 4. The predicted molar refractivity (Wildman–Crippen MR) is 159 cm³/mol. The van der Waals surface area contributed by atoms with E-state index in [0.29, 0.717) is 0 Å². The van der Waals surface area contributed by atoms with Crippen molar-refractivity contribution in [2.24, 2.45) is 0 Å². The van der Waals surface area contributed by atoms with Crippen molar-refractivity contribution in [1.82, 2.24) is 9.80 Å². The Hall–Kier alpha value is -3.67. The normalized spacial score (nSPS) is 17.6. The molecule has 4 aromatic carbocycles. The first-order valence-electron chi connectivity index (χ1n) is 13.5. The molecular weight excluding hydrogens is 690 g/mol. The Bertz CT molecular complexity index is 1710. The molecule has 204 valence electrons. The first-order valence-corrected chi connectivity index (χ1v) is 13.5. The second-order valence-electron chi connectivity index (χ2n) is 11.2. The second kappa shape index (κ2) is 9.44. The molecule has 0 aliphatic carbocycles. The molecule has 4 aliphatic heterocycles. The van der Waals surface area contributed by atoms with E-state index in [2.05, 4.69) is 90.8 Å². The zero-order chi connectivity index (χ0) is 27.2. The minimum absolute atomic E-state index is 0. The van der Waals surface area contributed by atoms with Crippen molar-refractivity contribution in [3.05, 3.63) is 110 Å². The summed E-state index contributed by atoms with van der Waals surface area (Å²) in [5.74, 6) is 3.23. The van der Waals surface area contributed by atoms with E-state index in [9.17, 15) is 0 Å². The third-order valence-electron chi connectivity index (χ3n) is 8.47. The van der Waals surface area contributed by atoms with Gasteiger partial charge in [-0.2, -0.15) is 25.5 Å². The third-order valence-corrected chi connectivity index (χ3v) is 8.47. The molecule has 4 heterocycles. The Balaban J connectivity index is 0.00000276. The van der Waals surface area contributed by atoms with Gasteiger partial charge in [-0.05, 0) is 64.1 Å². The van der Waals surface area contributed by atoms with Crippen molar-refractivity contribution in [1.29, 1.82) is 0 Å². The molecule has 0 spiro atoms. The molecule has 0 unspecified atom stereocenters. The summed E-state index contributed by atoms with van der Waals surface area (Å²) >= 11 is 0. The molecule has 4 aromatic rings. The molecule has 0 aromatic heterocycles. The van der Waals surface area contributed by atoms with Crippen LogP contribution < -0.4 is 35.7 Å². The molecule has 4 aliphatic rings. The smallest absolute Gasteiger partial charge is 0.518 e. The predicted octanol–water partition coefficient (Wildman–Crippen LogP) is 4.79. The standard InChI is InChI=1S/C33H27BN4O2.Pt/c1-33(2)24-8-5-6-9-27(24)38(21-36(33)4)23-13-15-29-26(19-23)34-25-18-22(37-17-16-35(3)20-37)12-14-28(25)39-30-10-7-11-31(40-29)32(30)34;/h5-17,20-21H,1-4H3;/q-4;+4. The summed E-state index contributed by atoms with van der Waals surface area (Å²) in [6.45, 7) is 8.57. The maximum absolute atomic E-state index is 6.45. The molecule has 0 N–H and O–H groups in total. The van der Waals surface area contributed by atoms with E-state index in [1.807, 2.05) is 61.3 Å². The van der Waals surface area contributed by atoms with Crippen molar-refractivity contribution < 1.29 is 30.5 Å². The maximum Gasteiger partial charge on any atom is 4.00 e. The number of rotatable bonds is 2. The van der Waals surface area contributed by atoms with Crippen LogP contribution >= 0.6 is 0 Å². The molecule has 41 heavy (non-hydrogen) atoms. The van der Waals surface area contributed by atoms with Crippen molar-refractivity contribution in [2.75, 3.05) is 23.9 Å². The molecule has 0 fully saturated rings. The minimum Gasteiger partial charge on any atom is -0.518 e. The van der Waals surface area contributed by atoms with Crippen molar-refractivity contribution in [3.8, 4) is 23.0 Å². The molecule has 0 saturated heterocycles. The van der Waals surface area contributed by atoms with Crippen molar-refractivity contribution in [2.45, 2.75) is 19.4 Å². The molecule has 6 nitrogen and oxygen atoms in total. The Morgan fingerprint density at radius 2 is 1.39 bits per heavy atom. The number of hydrogen-bond acceptors (Lipinski definition) is 6. The average Bonchev–Trinajstić information content (AvgIpc) is 3.41. The number of fused-ring (bicyclic) bond motifs is 5. The Morgan fingerprint density at radius 3 is 2.07 bits per heavy atom. The zero-order valence-corrected chi connectivity index (χ0v) is 25.4. The van der Waals surface area contributed by atoms with Gasteiger partial charge in [0.15, 0.2) is 0 Å². The Labute approximate surface area is 256 Å². The molecule has 0 atom stereocenters. The van der Waals surface area contributed by atoms with Crippen molar-refractivity contribution in [3.63, 3.8) is 0 Å². The van der Waals surface area contributed by atoms with Crippen LogP contribution in [0.4, 0.5) is 17.1 Å². The second-order valence-corrected chi connectivity index (χ2v) is 11.2. The monoisotopic (exact) mass is 717 g/mol. The van der Waals surface area contributed by atoms with Crippen LogP contribution in [0, 0.1) is 25.5 Å². The van der Waals surface area contributed by atoms with Crippen LogP contribution in [0.25, 0.3) is 0 Å². The van der Waals surface area contributed by atoms with E-state index in [1.54, 1.807) is 0 Å². The van der Waals surface area contributed by atoms with E-state index in [4.69, 9.17) is 9.47 Å². The first-order chi connectivity index (χ1) is 19.4. The summed E-state index contributed by atoms with van der Waals surface area (Å²) in [6.07, 6.45) is 4.05. The van der Waals surface area contributed by atoms with Gasteiger partial charge in [-0.3, -0.25) is 0 Å². The van der Waals surface area contributed by atoms with E-state index in [1.165, 1.54) is 5.56 Å². The first kappa shape index (κ1) is 26.2. The summed E-state index contributed by atoms with van der Waals surface area (Å²) in [6, 6.07) is 30.3. The van der Waals surface area contributed by atoms with E-state index < -0.39 is 0 Å². The van der Waals surface area contributed by atoms with E-state index in [-0.39, 0.29) is 33.3 Å². The number of anilines is 3. The molecule has 8 rings (SSSR count). The van der Waals surface area contributed by atoms with E-state index in [0.717, 1.165) is 56.4 Å². The summed E-state index contributed by atoms with van der Waals surface area (Å²) < 4.78 is 12.9. The van der Waals surface area contributed by atoms with Gasteiger partial charge in [-0.25, -0.2) is 0 Å². The largest absolute Gasteiger partial charge is 4.00 e. The van der Waals surface area contributed by atoms with Gasteiger partial charge in [0.1, 0.15) is 11.5 Å². The number of hydrogen-bond donors (Lipinski definition) is 0. The molecular formula is C33H27BN4O2Pt. The van der Waals surface area contributed by atoms with Crippen LogP contribution in [-0.2, 0) is 26.6 Å². The van der Waals surface area contributed by atoms with Gasteiger partial charge in [-0.1, -0.05) is 24.3 Å². The van der Waals surface area contributed by atoms with Crippen LogP contribution in [0.1, 0.15) is 19.4 Å². The Kier molecular flexibility index (Phi) is 6.04. The molecule has 8 heteroatoms. The summed E-state index contributed by atoms with van der Waals surface area (Å²) in [4.78, 5) is 8.57. The average molecular weight is 717 g/mol. The van der Waals surface area contributed by atoms with Gasteiger partial charge in [0, 0.05) is 28.2 Å². The van der Waals surface area contributed by atoms with Crippen LogP contribution in [0.2, 0.25) is 0 Å². The van der Waals surface area contributed by atoms with Crippen LogP contribution in [0.5, 0.6) is 23.0 Å². The Morgan fingerprint density at radius 1 is 0.732 bits per heavy atom. The maximum atomic E-state index is 6.45. The quantitative estimate of drug-likeness (QED) is 0.189. The molecule has 0 bridgehead atoms. The fraction of sp³-hybridized carbons (Fsp3) is 0.152. The molecule has 0 amide bonds. The number of ether oxygens (including phenoxy) is 2. The molecule has 0 saturated carbocycles. The number of para-hydroxylation sites is 1. The van der Waals surface area contributed by atoms with Gasteiger partial charge in [0.25, 0.3) is 0 Å². The zero-order valence-electron chi connectivity index (χ0n) is 23.2. The van der Waals surface area contributed by atoms with Gasteiger partial charge >= 0.3 is 21.1 Å². The third kappa shape index (κ3) is 3.93. The number of benzene rings is 4. The van der Waals surface area contributed by atoms with Gasteiger partial charge in [-0.15, -0.1) is 46.6 Å². The molecule has 0 radical (unpaired) electrons. The van der Waals surface area contributed by atoms with Crippen LogP contribution in [0.3, 0.4) is 0 Å². The summed E-state index contributed by atoms with van der Waals surface area (Å²) in [5, 5.41) is 0. The van der Waals surface area contributed by atoms with E-state index >= 15 is 0 Å². The topological polar surface area (TPSA) is 31.4 Å². The summed E-state index contributed by atoms with van der Waals surface area (Å²) in [7, 11) is 4.14. The SMILES string of the molecule is CN1C=CN(c2[c-]c3c(cc2)Oc2cccc4c2B3c2[c-]c(N3[CH-]N(C)C(C)(C)c5ccccc53)ccc2O4)[CH-]1.[Pt+4]. The van der Waals surface area contributed by atoms with Gasteiger partial charge in [0.2, 0.25) is 6.71 Å². The fourth-order valence-electron chi connectivity index (χ4n) is 6.08. The van der Waals surface area contributed by atoms with Crippen LogP contribution in [0.15, 0.2) is 79.1 Å². The fourth-order valence-corrected chi connectivity index (χ4v) is 6.08. The van der Waals surface area contributed by atoms with Gasteiger partial charge < -0.3 is 29.1 Å².